The Balaban J connectivity index is 1.71. The van der Waals surface area contributed by atoms with Crippen molar-refractivity contribution in [2.75, 3.05) is 0 Å². The van der Waals surface area contributed by atoms with Crippen molar-refractivity contribution in [3.05, 3.63) is 47.3 Å². The number of fused-ring (bicyclic) bond motifs is 1. The smallest absolute Gasteiger partial charge is 0.321 e. The lowest BCUT2D eigenvalue weighted by molar-refractivity contribution is 0.440. The van der Waals surface area contributed by atoms with Crippen LogP contribution in [0.1, 0.15) is 30.0 Å². The van der Waals surface area contributed by atoms with Crippen LogP contribution in [0.15, 0.2) is 30.6 Å². The van der Waals surface area contributed by atoms with Crippen LogP contribution >= 0.6 is 0 Å². The van der Waals surface area contributed by atoms with Crippen LogP contribution in [0, 0.1) is 0 Å². The molecule has 3 rings (SSSR count). The molecule has 20 heavy (non-hydrogen) atoms. The molecule has 0 fully saturated rings. The molecule has 1 aliphatic rings. The van der Waals surface area contributed by atoms with Gasteiger partial charge in [-0.2, -0.15) is 0 Å². The third kappa shape index (κ3) is 2.96. The summed E-state index contributed by atoms with van der Waals surface area (Å²) in [5.74, 6) is 0.811. The van der Waals surface area contributed by atoms with Crippen molar-refractivity contribution in [3.8, 4) is 11.8 Å². The van der Waals surface area contributed by atoms with Gasteiger partial charge in [-0.05, 0) is 61.4 Å². The second-order valence-electron chi connectivity index (χ2n) is 5.44. The predicted octanol–water partition coefficient (Wildman–Crippen LogP) is 2.65. The van der Waals surface area contributed by atoms with Crippen molar-refractivity contribution in [2.24, 2.45) is 5.73 Å². The van der Waals surface area contributed by atoms with Gasteiger partial charge in [0.05, 0.1) is 0 Å². The molecule has 1 atom stereocenters. The largest absolute Gasteiger partial charge is 0.424 e. The molecule has 2 N–H and O–H groups in total. The van der Waals surface area contributed by atoms with E-state index in [1.807, 2.05) is 13.0 Å². The summed E-state index contributed by atoms with van der Waals surface area (Å²) >= 11 is 0. The number of aromatic nitrogens is 2. The maximum absolute atomic E-state index is 5.75. The van der Waals surface area contributed by atoms with Gasteiger partial charge in [0.15, 0.2) is 0 Å². The van der Waals surface area contributed by atoms with E-state index in [2.05, 4.69) is 22.1 Å². The molecule has 0 aliphatic heterocycles. The first kappa shape index (κ1) is 13.1. The maximum atomic E-state index is 5.75. The predicted molar refractivity (Wildman–Crippen MR) is 77.9 cm³/mol. The van der Waals surface area contributed by atoms with E-state index in [0.717, 1.165) is 24.2 Å². The summed E-state index contributed by atoms with van der Waals surface area (Å²) in [7, 11) is 0. The molecular formula is C16H19N3O. The molecule has 0 amide bonds. The molecule has 4 heteroatoms. The number of hydrogen-bond donors (Lipinski definition) is 1. The lowest BCUT2D eigenvalue weighted by atomic mass is 10.1. The van der Waals surface area contributed by atoms with Gasteiger partial charge < -0.3 is 10.5 Å². The first-order valence-electron chi connectivity index (χ1n) is 7.07. The van der Waals surface area contributed by atoms with E-state index >= 15 is 0 Å². The molecule has 0 saturated carbocycles. The molecule has 2 aromatic rings. The zero-order valence-electron chi connectivity index (χ0n) is 11.7. The first-order valence-corrected chi connectivity index (χ1v) is 7.07. The average molecular weight is 269 g/mol. The lowest BCUT2D eigenvalue weighted by Crippen LogP contribution is -2.17. The molecule has 0 radical (unpaired) electrons. The van der Waals surface area contributed by atoms with Crippen molar-refractivity contribution in [1.29, 1.82) is 0 Å². The molecule has 1 aromatic heterocycles. The van der Waals surface area contributed by atoms with E-state index in [1.54, 1.807) is 12.4 Å². The molecule has 104 valence electrons. The number of nitrogens with two attached hydrogens (primary N) is 1. The third-order valence-electron chi connectivity index (χ3n) is 3.52. The van der Waals surface area contributed by atoms with Crippen LogP contribution in [0.5, 0.6) is 11.8 Å². The maximum Gasteiger partial charge on any atom is 0.321 e. The minimum absolute atomic E-state index is 0.113. The highest BCUT2D eigenvalue weighted by Crippen LogP contribution is 2.27. The van der Waals surface area contributed by atoms with Gasteiger partial charge in [-0.3, -0.25) is 0 Å². The lowest BCUT2D eigenvalue weighted by Gasteiger charge is -2.07. The van der Waals surface area contributed by atoms with Gasteiger partial charge in [-0.1, -0.05) is 6.07 Å². The Morgan fingerprint density at radius 3 is 2.70 bits per heavy atom. The van der Waals surface area contributed by atoms with Crippen LogP contribution in [0.25, 0.3) is 0 Å². The molecule has 0 spiro atoms. The highest BCUT2D eigenvalue weighted by Gasteiger charge is 2.12. The number of rotatable bonds is 4. The van der Waals surface area contributed by atoms with Gasteiger partial charge >= 0.3 is 6.01 Å². The summed E-state index contributed by atoms with van der Waals surface area (Å²) in [5, 5.41) is 0. The molecule has 1 heterocycles. The Labute approximate surface area is 119 Å². The Bertz CT molecular complexity index is 593. The van der Waals surface area contributed by atoms with E-state index in [0.29, 0.717) is 6.01 Å². The minimum Gasteiger partial charge on any atom is -0.424 e. The van der Waals surface area contributed by atoms with E-state index < -0.39 is 0 Å². The Kier molecular flexibility index (Phi) is 3.65. The monoisotopic (exact) mass is 269 g/mol. The first-order chi connectivity index (χ1) is 9.70. The average Bonchev–Trinajstić information content (AvgIpc) is 2.88. The second-order valence-corrected chi connectivity index (χ2v) is 5.44. The van der Waals surface area contributed by atoms with Crippen molar-refractivity contribution in [2.45, 2.75) is 38.6 Å². The fraction of sp³-hybridized carbons (Fsp3) is 0.375. The van der Waals surface area contributed by atoms with Gasteiger partial charge in [0.2, 0.25) is 0 Å². The van der Waals surface area contributed by atoms with Crippen molar-refractivity contribution in [1.82, 2.24) is 9.97 Å². The van der Waals surface area contributed by atoms with Crippen LogP contribution < -0.4 is 10.5 Å². The minimum atomic E-state index is 0.113. The highest BCUT2D eigenvalue weighted by molar-refractivity contribution is 5.39. The number of aryl methyl sites for hydroxylation is 2. The fourth-order valence-corrected chi connectivity index (χ4v) is 2.59. The molecule has 0 saturated heterocycles. The van der Waals surface area contributed by atoms with E-state index in [1.165, 1.54) is 24.0 Å². The van der Waals surface area contributed by atoms with Crippen molar-refractivity contribution >= 4 is 0 Å². The Hall–Kier alpha value is -1.94. The zero-order valence-corrected chi connectivity index (χ0v) is 11.7. The standard InChI is InChI=1S/C16H19N3O/c1-11(17)7-12-9-18-16(19-10-12)20-15-6-5-13-3-2-4-14(13)8-15/h5-6,8-11H,2-4,7,17H2,1H3. The van der Waals surface area contributed by atoms with Crippen LogP contribution in [0.3, 0.4) is 0 Å². The summed E-state index contributed by atoms with van der Waals surface area (Å²) in [6.45, 7) is 1.97. The number of nitrogens with zero attached hydrogens (tertiary/aromatic N) is 2. The topological polar surface area (TPSA) is 61.0 Å². The van der Waals surface area contributed by atoms with Gasteiger partial charge in [-0.25, -0.2) is 9.97 Å². The SMILES string of the molecule is CC(N)Cc1cnc(Oc2ccc3c(c2)CCC3)nc1. The quantitative estimate of drug-likeness (QED) is 0.927. The van der Waals surface area contributed by atoms with E-state index in [-0.39, 0.29) is 6.04 Å². The third-order valence-corrected chi connectivity index (χ3v) is 3.52. The zero-order chi connectivity index (χ0) is 13.9. The molecule has 0 bridgehead atoms. The summed E-state index contributed by atoms with van der Waals surface area (Å²) in [6.07, 6.45) is 7.89. The summed E-state index contributed by atoms with van der Waals surface area (Å²) in [5.41, 5.74) is 9.60. The van der Waals surface area contributed by atoms with Gasteiger partial charge in [0.25, 0.3) is 0 Å². The van der Waals surface area contributed by atoms with Crippen molar-refractivity contribution < 1.29 is 4.74 Å². The summed E-state index contributed by atoms with van der Waals surface area (Å²) in [4.78, 5) is 8.46. The number of ether oxygens (including phenoxy) is 1. The summed E-state index contributed by atoms with van der Waals surface area (Å²) < 4.78 is 5.71. The van der Waals surface area contributed by atoms with E-state index in [9.17, 15) is 0 Å². The normalized spacial score (nSPS) is 14.9. The molecule has 4 nitrogen and oxygen atoms in total. The molecular weight excluding hydrogens is 250 g/mol. The highest BCUT2D eigenvalue weighted by atomic mass is 16.5. The Morgan fingerprint density at radius 1 is 1.20 bits per heavy atom. The summed E-state index contributed by atoms with van der Waals surface area (Å²) in [6, 6.07) is 6.73. The van der Waals surface area contributed by atoms with Gasteiger partial charge in [0, 0.05) is 18.4 Å². The fourth-order valence-electron chi connectivity index (χ4n) is 2.59. The number of benzene rings is 1. The molecule has 1 unspecified atom stereocenters. The van der Waals surface area contributed by atoms with Crippen molar-refractivity contribution in [3.63, 3.8) is 0 Å². The second kappa shape index (κ2) is 5.59. The Morgan fingerprint density at radius 2 is 1.95 bits per heavy atom. The van der Waals surface area contributed by atoms with Crippen LogP contribution in [0.4, 0.5) is 0 Å². The van der Waals surface area contributed by atoms with Crippen LogP contribution in [0.2, 0.25) is 0 Å². The molecule has 1 aliphatic carbocycles. The van der Waals surface area contributed by atoms with Gasteiger partial charge in [0.1, 0.15) is 5.75 Å². The molecule has 1 aromatic carbocycles. The number of hydrogen-bond acceptors (Lipinski definition) is 4. The van der Waals surface area contributed by atoms with Crippen LogP contribution in [-0.4, -0.2) is 16.0 Å². The van der Waals surface area contributed by atoms with E-state index in [4.69, 9.17) is 10.5 Å². The van der Waals surface area contributed by atoms with Gasteiger partial charge in [-0.15, -0.1) is 0 Å². The van der Waals surface area contributed by atoms with Crippen LogP contribution in [-0.2, 0) is 19.3 Å².